The minimum Gasteiger partial charge on any atom is -0.423 e. The number of nitrogens with two attached hydrogens (primary N) is 2. The molecule has 0 unspecified atom stereocenters. The number of rotatable bonds is 6. The van der Waals surface area contributed by atoms with Crippen LogP contribution in [0.25, 0.3) is 4.85 Å². The number of ether oxygens (including phenoxy) is 2. The van der Waals surface area contributed by atoms with Gasteiger partial charge in [0.05, 0.1) is 23.3 Å². The van der Waals surface area contributed by atoms with Gasteiger partial charge in [-0.2, -0.15) is 5.26 Å². The third kappa shape index (κ3) is 7.79. The fraction of sp³-hybridized carbons (Fsp3) is 0.0667. The molecule has 0 aliphatic rings. The highest BCUT2D eigenvalue weighted by molar-refractivity contribution is 5.91. The van der Waals surface area contributed by atoms with Crippen molar-refractivity contribution in [2.24, 2.45) is 11.5 Å². The van der Waals surface area contributed by atoms with Gasteiger partial charge in [0.25, 0.3) is 0 Å². The van der Waals surface area contributed by atoms with E-state index < -0.39 is 23.6 Å². The van der Waals surface area contributed by atoms with Crippen LogP contribution in [0.15, 0.2) is 84.9 Å². The summed E-state index contributed by atoms with van der Waals surface area (Å²) in [5.74, 6) is -2.87. The molecule has 0 spiro atoms. The lowest BCUT2D eigenvalue weighted by atomic mass is 10.0. The second-order valence-corrected chi connectivity index (χ2v) is 8.06. The van der Waals surface area contributed by atoms with Crippen LogP contribution in [0.2, 0.25) is 0 Å². The maximum absolute atomic E-state index is 13.7. The van der Waals surface area contributed by atoms with Gasteiger partial charge in [-0.1, -0.05) is 24.3 Å². The highest BCUT2D eigenvalue weighted by atomic mass is 19.1. The summed E-state index contributed by atoms with van der Waals surface area (Å²) in [5.41, 5.74) is 11.3. The number of esters is 2. The first-order valence-corrected chi connectivity index (χ1v) is 11.7. The summed E-state index contributed by atoms with van der Waals surface area (Å²) in [7, 11) is 0. The second kappa shape index (κ2) is 13.9. The quantitative estimate of drug-likeness (QED) is 0.147. The number of benzene rings is 4. The molecule has 0 aliphatic heterocycles. The molecule has 200 valence electrons. The van der Waals surface area contributed by atoms with Crippen molar-refractivity contribution in [2.45, 2.75) is 6.42 Å². The van der Waals surface area contributed by atoms with Crippen molar-refractivity contribution in [1.82, 2.24) is 0 Å². The first-order valence-electron chi connectivity index (χ1n) is 11.7. The Kier molecular flexibility index (Phi) is 10.1. The van der Waals surface area contributed by atoms with E-state index in [1.165, 1.54) is 24.3 Å². The molecule has 0 aliphatic carbocycles. The molecule has 0 aromatic heterocycles. The highest BCUT2D eigenvalue weighted by Crippen LogP contribution is 2.24. The van der Waals surface area contributed by atoms with Crippen molar-refractivity contribution >= 4 is 17.6 Å². The summed E-state index contributed by atoms with van der Waals surface area (Å²) in [6, 6.07) is 22.2. The minimum atomic E-state index is -0.772. The van der Waals surface area contributed by atoms with Crippen LogP contribution in [-0.4, -0.2) is 18.6 Å². The molecule has 0 heterocycles. The van der Waals surface area contributed by atoms with Gasteiger partial charge in [0.2, 0.25) is 5.69 Å². The van der Waals surface area contributed by atoms with Crippen LogP contribution in [-0.2, 0) is 6.42 Å². The first kappa shape index (κ1) is 29.1. The molecule has 0 atom stereocenters. The maximum Gasteiger partial charge on any atom is 0.343 e. The Bertz CT molecular complexity index is 1470. The van der Waals surface area contributed by atoms with Gasteiger partial charge in [0.1, 0.15) is 29.2 Å². The van der Waals surface area contributed by atoms with Gasteiger partial charge in [-0.05, 0) is 66.1 Å². The first-order chi connectivity index (χ1) is 19.3. The smallest absolute Gasteiger partial charge is 0.343 e. The van der Waals surface area contributed by atoms with E-state index in [-0.39, 0.29) is 40.5 Å². The van der Waals surface area contributed by atoms with Gasteiger partial charge in [-0.25, -0.2) is 23.2 Å². The predicted molar refractivity (Wildman–Crippen MR) is 143 cm³/mol. The van der Waals surface area contributed by atoms with E-state index in [9.17, 15) is 18.4 Å². The lowest BCUT2D eigenvalue weighted by molar-refractivity contribution is 0.0724. The topological polar surface area (TPSA) is 133 Å². The number of nitrogens with zero attached hydrogens (tertiary/aromatic N) is 2. The van der Waals surface area contributed by atoms with Crippen LogP contribution in [0.3, 0.4) is 0 Å². The third-order valence-corrected chi connectivity index (χ3v) is 5.31. The van der Waals surface area contributed by atoms with Gasteiger partial charge in [-0.3, -0.25) is 0 Å². The zero-order valence-corrected chi connectivity index (χ0v) is 20.9. The SMILES string of the molecule is NCN.[C-]#[N+]c1ccc(OC(=O)c2ccc(Cc3ccc(C(=O)Oc4ccc(C#N)c(F)c4)cc3)cc2)cc1F. The Morgan fingerprint density at radius 3 is 1.62 bits per heavy atom. The molecule has 40 heavy (non-hydrogen) atoms. The Morgan fingerprint density at radius 2 is 1.23 bits per heavy atom. The standard InChI is InChI=1S/C29H16F2N2O4.CH6N2/c1-33-27-13-12-24(16-26(27)31)37-29(35)21-8-4-19(5-9-21)14-18-2-6-20(7-3-18)28(34)36-23-11-10-22(17-32)25(30)15-23;2-1-3/h2-13,15-16H,14H2;1-3H2. The maximum atomic E-state index is 13.7. The molecule has 0 saturated heterocycles. The molecule has 0 amide bonds. The Morgan fingerprint density at radius 1 is 0.775 bits per heavy atom. The fourth-order valence-electron chi connectivity index (χ4n) is 3.38. The van der Waals surface area contributed by atoms with Crippen molar-refractivity contribution in [1.29, 1.82) is 5.26 Å². The molecule has 0 radical (unpaired) electrons. The van der Waals surface area contributed by atoms with Gasteiger partial charge < -0.3 is 20.9 Å². The van der Waals surface area contributed by atoms with Crippen LogP contribution >= 0.6 is 0 Å². The highest BCUT2D eigenvalue weighted by Gasteiger charge is 2.13. The molecule has 4 rings (SSSR count). The zero-order chi connectivity index (χ0) is 29.1. The van der Waals surface area contributed by atoms with E-state index in [1.54, 1.807) is 54.6 Å². The molecule has 4 N–H and O–H groups in total. The van der Waals surface area contributed by atoms with Crippen molar-refractivity contribution < 1.29 is 27.8 Å². The molecule has 4 aromatic carbocycles. The number of carbonyl (C=O) groups is 2. The van der Waals surface area contributed by atoms with Crippen molar-refractivity contribution in [3.05, 3.63) is 136 Å². The summed E-state index contributed by atoms with van der Waals surface area (Å²) in [6.07, 6.45) is 0.523. The van der Waals surface area contributed by atoms with Crippen LogP contribution in [0.1, 0.15) is 37.4 Å². The fourth-order valence-corrected chi connectivity index (χ4v) is 3.38. The molecule has 0 saturated carbocycles. The average Bonchev–Trinajstić information content (AvgIpc) is 2.94. The van der Waals surface area contributed by atoms with Crippen LogP contribution < -0.4 is 20.9 Å². The van der Waals surface area contributed by atoms with Crippen LogP contribution in [0.4, 0.5) is 14.5 Å². The Hall–Kier alpha value is -5.42. The van der Waals surface area contributed by atoms with E-state index in [2.05, 4.69) is 16.3 Å². The minimum absolute atomic E-state index is 0.00177. The number of halogens is 2. The van der Waals surface area contributed by atoms with Crippen molar-refractivity contribution in [3.63, 3.8) is 0 Å². The number of hydrogen-bond donors (Lipinski definition) is 2. The van der Waals surface area contributed by atoms with Crippen LogP contribution in [0, 0.1) is 29.5 Å². The molecule has 0 fully saturated rings. The van der Waals surface area contributed by atoms with E-state index in [0.29, 0.717) is 6.42 Å². The number of hydrogen-bond acceptors (Lipinski definition) is 7. The molecule has 8 nitrogen and oxygen atoms in total. The summed E-state index contributed by atoms with van der Waals surface area (Å²) < 4.78 is 37.8. The molecule has 10 heteroatoms. The predicted octanol–water partition coefficient (Wildman–Crippen LogP) is 5.28. The summed E-state index contributed by atoms with van der Waals surface area (Å²) >= 11 is 0. The third-order valence-electron chi connectivity index (χ3n) is 5.31. The van der Waals surface area contributed by atoms with Gasteiger partial charge in [0, 0.05) is 18.8 Å². The van der Waals surface area contributed by atoms with Gasteiger partial charge in [0.15, 0.2) is 0 Å². The molecule has 0 bridgehead atoms. The van der Waals surface area contributed by atoms with Crippen LogP contribution in [0.5, 0.6) is 11.5 Å². The lowest BCUT2D eigenvalue weighted by Gasteiger charge is -2.08. The lowest BCUT2D eigenvalue weighted by Crippen LogP contribution is -2.09. The second-order valence-electron chi connectivity index (χ2n) is 8.06. The Balaban J connectivity index is 0.00000141. The average molecular weight is 541 g/mol. The zero-order valence-electron chi connectivity index (χ0n) is 20.9. The molecular weight excluding hydrogens is 518 g/mol. The largest absolute Gasteiger partial charge is 0.423 e. The number of carbonyl (C=O) groups excluding carboxylic acids is 2. The normalized spacial score (nSPS) is 9.85. The van der Waals surface area contributed by atoms with Crippen molar-refractivity contribution in [3.8, 4) is 17.6 Å². The van der Waals surface area contributed by atoms with E-state index in [1.807, 2.05) is 0 Å². The number of nitriles is 1. The summed E-state index contributed by atoms with van der Waals surface area (Å²) in [5, 5.41) is 8.78. The van der Waals surface area contributed by atoms with Crippen molar-refractivity contribution in [2.75, 3.05) is 6.67 Å². The summed E-state index contributed by atoms with van der Waals surface area (Å²) in [6.45, 7) is 7.11. The molecular formula is C30H22F2N4O4. The molecule has 4 aromatic rings. The van der Waals surface area contributed by atoms with Gasteiger partial charge >= 0.3 is 11.9 Å². The van der Waals surface area contributed by atoms with E-state index in [0.717, 1.165) is 23.3 Å². The van der Waals surface area contributed by atoms with E-state index in [4.69, 9.17) is 21.3 Å². The summed E-state index contributed by atoms with van der Waals surface area (Å²) in [4.78, 5) is 27.7. The Labute approximate surface area is 228 Å². The van der Waals surface area contributed by atoms with Gasteiger partial charge in [-0.15, -0.1) is 0 Å². The van der Waals surface area contributed by atoms with E-state index >= 15 is 0 Å². The monoisotopic (exact) mass is 540 g/mol.